The molecule has 2 aromatic heterocycles. The summed E-state index contributed by atoms with van der Waals surface area (Å²) in [6, 6.07) is 3.95. The number of hydrogen-bond acceptors (Lipinski definition) is 3. The van der Waals surface area contributed by atoms with E-state index in [1.165, 1.54) is 5.56 Å². The van der Waals surface area contributed by atoms with Crippen molar-refractivity contribution in [2.45, 2.75) is 38.8 Å². The lowest BCUT2D eigenvalue weighted by atomic mass is 10.1. The average molecular weight is 245 g/mol. The van der Waals surface area contributed by atoms with Gasteiger partial charge in [-0.2, -0.15) is 0 Å². The van der Waals surface area contributed by atoms with E-state index in [0.29, 0.717) is 6.42 Å². The van der Waals surface area contributed by atoms with Gasteiger partial charge in [0.05, 0.1) is 0 Å². The molecular weight excluding hydrogens is 226 g/mol. The monoisotopic (exact) mass is 245 g/mol. The zero-order chi connectivity index (χ0) is 12.8. The number of pyridine rings is 1. The number of hydrogen-bond donors (Lipinski definition) is 1. The van der Waals surface area contributed by atoms with Crippen LogP contribution in [0.15, 0.2) is 36.9 Å². The number of aryl methyl sites for hydroxylation is 2. The summed E-state index contributed by atoms with van der Waals surface area (Å²) >= 11 is 0. The number of rotatable bonds is 6. The zero-order valence-corrected chi connectivity index (χ0v) is 10.7. The third kappa shape index (κ3) is 3.17. The average Bonchev–Trinajstić information content (AvgIpc) is 2.86. The lowest BCUT2D eigenvalue weighted by Gasteiger charge is -2.12. The van der Waals surface area contributed by atoms with Gasteiger partial charge in [-0.15, -0.1) is 0 Å². The molecule has 2 aromatic rings. The Morgan fingerprint density at radius 1 is 1.28 bits per heavy atom. The van der Waals surface area contributed by atoms with Crippen molar-refractivity contribution in [2.24, 2.45) is 0 Å². The Bertz CT molecular complexity index is 467. The first-order chi connectivity index (χ1) is 8.81. The summed E-state index contributed by atoms with van der Waals surface area (Å²) in [5.74, 6) is 0.769. The molecule has 2 heterocycles. The first-order valence-corrected chi connectivity index (χ1v) is 6.39. The van der Waals surface area contributed by atoms with Crippen molar-refractivity contribution in [3.05, 3.63) is 48.3 Å². The second-order valence-corrected chi connectivity index (χ2v) is 4.39. The minimum atomic E-state index is -0.500. The Morgan fingerprint density at radius 3 is 2.78 bits per heavy atom. The maximum atomic E-state index is 10.2. The van der Waals surface area contributed by atoms with Gasteiger partial charge in [0.2, 0.25) is 0 Å². The number of imidazole rings is 1. The zero-order valence-electron chi connectivity index (χ0n) is 10.7. The van der Waals surface area contributed by atoms with Crippen molar-refractivity contribution in [1.82, 2.24) is 14.5 Å². The molecule has 0 radical (unpaired) electrons. The van der Waals surface area contributed by atoms with Gasteiger partial charge in [-0.1, -0.05) is 6.92 Å². The van der Waals surface area contributed by atoms with Gasteiger partial charge in [-0.05, 0) is 37.0 Å². The molecule has 4 heteroatoms. The molecule has 0 aromatic carbocycles. The van der Waals surface area contributed by atoms with E-state index in [9.17, 15) is 5.11 Å². The number of aliphatic hydroxyl groups excluding tert-OH is 1. The first-order valence-electron chi connectivity index (χ1n) is 6.39. The molecule has 18 heavy (non-hydrogen) atoms. The lowest BCUT2D eigenvalue weighted by molar-refractivity contribution is 0.153. The molecule has 0 bridgehead atoms. The van der Waals surface area contributed by atoms with E-state index >= 15 is 0 Å². The Balaban J connectivity index is 1.95. The number of nitrogens with zero attached hydrogens (tertiary/aromatic N) is 3. The van der Waals surface area contributed by atoms with Crippen LogP contribution in [-0.2, 0) is 13.0 Å². The van der Waals surface area contributed by atoms with Gasteiger partial charge in [-0.25, -0.2) is 4.98 Å². The fraction of sp³-hybridized carbons (Fsp3) is 0.429. The van der Waals surface area contributed by atoms with Crippen LogP contribution in [0.3, 0.4) is 0 Å². The molecule has 4 nitrogen and oxygen atoms in total. The third-order valence-corrected chi connectivity index (χ3v) is 2.97. The van der Waals surface area contributed by atoms with E-state index in [1.54, 1.807) is 18.6 Å². The Hall–Kier alpha value is -1.68. The highest BCUT2D eigenvalue weighted by Gasteiger charge is 2.13. The lowest BCUT2D eigenvalue weighted by Crippen LogP contribution is -2.09. The summed E-state index contributed by atoms with van der Waals surface area (Å²) in [4.78, 5) is 8.23. The fourth-order valence-corrected chi connectivity index (χ4v) is 2.03. The van der Waals surface area contributed by atoms with Crippen molar-refractivity contribution in [1.29, 1.82) is 0 Å². The van der Waals surface area contributed by atoms with E-state index in [-0.39, 0.29) is 0 Å². The van der Waals surface area contributed by atoms with E-state index in [0.717, 1.165) is 25.2 Å². The van der Waals surface area contributed by atoms with Crippen molar-refractivity contribution < 1.29 is 5.11 Å². The molecule has 96 valence electrons. The van der Waals surface area contributed by atoms with Crippen LogP contribution in [0, 0.1) is 0 Å². The molecule has 0 spiro atoms. The van der Waals surface area contributed by atoms with Crippen LogP contribution in [0.25, 0.3) is 0 Å². The molecule has 0 aliphatic rings. The summed E-state index contributed by atoms with van der Waals surface area (Å²) in [7, 11) is 0. The summed E-state index contributed by atoms with van der Waals surface area (Å²) in [5.41, 5.74) is 1.19. The predicted molar refractivity (Wildman–Crippen MR) is 70.0 cm³/mol. The van der Waals surface area contributed by atoms with Crippen molar-refractivity contribution in [3.63, 3.8) is 0 Å². The molecule has 0 saturated carbocycles. The maximum absolute atomic E-state index is 10.2. The maximum Gasteiger partial charge on any atom is 0.137 e. The van der Waals surface area contributed by atoms with Gasteiger partial charge in [0.15, 0.2) is 0 Å². The number of aromatic nitrogens is 3. The minimum absolute atomic E-state index is 0.500. The van der Waals surface area contributed by atoms with E-state index in [2.05, 4.69) is 16.9 Å². The van der Waals surface area contributed by atoms with Crippen LogP contribution in [0.2, 0.25) is 0 Å². The molecule has 0 aliphatic carbocycles. The minimum Gasteiger partial charge on any atom is -0.385 e. The number of aliphatic hydroxyl groups is 1. The third-order valence-electron chi connectivity index (χ3n) is 2.97. The molecule has 1 N–H and O–H groups in total. The van der Waals surface area contributed by atoms with E-state index in [1.807, 2.05) is 22.9 Å². The van der Waals surface area contributed by atoms with Crippen LogP contribution in [-0.4, -0.2) is 19.6 Å². The topological polar surface area (TPSA) is 50.9 Å². The Labute approximate surface area is 107 Å². The van der Waals surface area contributed by atoms with Crippen LogP contribution in [0.1, 0.15) is 37.3 Å². The van der Waals surface area contributed by atoms with Crippen LogP contribution < -0.4 is 0 Å². The second-order valence-electron chi connectivity index (χ2n) is 4.39. The van der Waals surface area contributed by atoms with Crippen LogP contribution in [0.4, 0.5) is 0 Å². The van der Waals surface area contributed by atoms with Gasteiger partial charge in [-0.3, -0.25) is 4.98 Å². The standard InChI is InChI=1S/C14H19N3O/c1-2-10-17-11-9-16-14(17)13(18)4-3-12-5-7-15-8-6-12/h5-9,11,13,18H,2-4,10H2,1H3. The highest BCUT2D eigenvalue weighted by atomic mass is 16.3. The normalized spacial score (nSPS) is 12.6. The van der Waals surface area contributed by atoms with Crippen LogP contribution in [0.5, 0.6) is 0 Å². The van der Waals surface area contributed by atoms with Crippen molar-refractivity contribution in [3.8, 4) is 0 Å². The largest absolute Gasteiger partial charge is 0.385 e. The molecule has 0 fully saturated rings. The Morgan fingerprint density at radius 2 is 2.06 bits per heavy atom. The van der Waals surface area contributed by atoms with E-state index in [4.69, 9.17) is 0 Å². The quantitative estimate of drug-likeness (QED) is 0.850. The van der Waals surface area contributed by atoms with E-state index < -0.39 is 6.10 Å². The summed E-state index contributed by atoms with van der Waals surface area (Å²) in [5, 5.41) is 10.2. The van der Waals surface area contributed by atoms with Gasteiger partial charge in [0.1, 0.15) is 11.9 Å². The van der Waals surface area contributed by atoms with Gasteiger partial charge >= 0.3 is 0 Å². The SMILES string of the molecule is CCCn1ccnc1C(O)CCc1ccncc1. The van der Waals surface area contributed by atoms with Crippen LogP contribution >= 0.6 is 0 Å². The summed E-state index contributed by atoms with van der Waals surface area (Å²) in [6.45, 7) is 3.02. The highest BCUT2D eigenvalue weighted by molar-refractivity contribution is 5.10. The van der Waals surface area contributed by atoms with Gasteiger partial charge in [0.25, 0.3) is 0 Å². The smallest absolute Gasteiger partial charge is 0.137 e. The summed E-state index contributed by atoms with van der Waals surface area (Å²) in [6.07, 6.45) is 9.29. The summed E-state index contributed by atoms with van der Waals surface area (Å²) < 4.78 is 2.03. The molecule has 1 atom stereocenters. The first kappa shape index (κ1) is 12.8. The highest BCUT2D eigenvalue weighted by Crippen LogP contribution is 2.17. The molecule has 0 aliphatic heterocycles. The molecule has 0 amide bonds. The molecule has 1 unspecified atom stereocenters. The Kier molecular flexibility index (Phi) is 4.47. The van der Waals surface area contributed by atoms with Crippen molar-refractivity contribution in [2.75, 3.05) is 0 Å². The molecule has 0 saturated heterocycles. The second kappa shape index (κ2) is 6.31. The molecular formula is C14H19N3O. The predicted octanol–water partition coefficient (Wildman–Crippen LogP) is 2.35. The van der Waals surface area contributed by atoms with Crippen molar-refractivity contribution >= 4 is 0 Å². The van der Waals surface area contributed by atoms with Gasteiger partial charge < -0.3 is 9.67 Å². The van der Waals surface area contributed by atoms with Gasteiger partial charge in [0, 0.05) is 31.3 Å². The molecule has 2 rings (SSSR count). The fourth-order valence-electron chi connectivity index (χ4n) is 2.03.